The third-order valence-electron chi connectivity index (χ3n) is 4.55. The van der Waals surface area contributed by atoms with Crippen LogP contribution in [0, 0.1) is 29.6 Å². The highest BCUT2D eigenvalue weighted by molar-refractivity contribution is 7.09. The van der Waals surface area contributed by atoms with Gasteiger partial charge in [-0.15, -0.1) is 11.3 Å². The maximum atomic E-state index is 9.54. The van der Waals surface area contributed by atoms with Crippen molar-refractivity contribution < 1.29 is 0 Å². The minimum Gasteiger partial charge on any atom is -0.250 e. The minimum absolute atomic E-state index is 0.0535. The quantitative estimate of drug-likeness (QED) is 0.801. The van der Waals surface area contributed by atoms with Crippen LogP contribution in [0.4, 0.5) is 0 Å². The second-order valence-electron chi connectivity index (χ2n) is 5.60. The molecule has 3 heteroatoms. The molecule has 0 aromatic carbocycles. The zero-order valence-electron chi connectivity index (χ0n) is 11.4. The smallest absolute Gasteiger partial charge is 0.0797 e. The van der Waals surface area contributed by atoms with Crippen molar-refractivity contribution in [3.8, 4) is 6.07 Å². The number of aromatic nitrogens is 1. The van der Waals surface area contributed by atoms with Gasteiger partial charge >= 0.3 is 0 Å². The van der Waals surface area contributed by atoms with Gasteiger partial charge in [0.05, 0.1) is 22.7 Å². The fourth-order valence-corrected chi connectivity index (χ4v) is 3.76. The summed E-state index contributed by atoms with van der Waals surface area (Å²) in [4.78, 5) is 5.65. The molecular weight excluding hydrogens is 240 g/mol. The van der Waals surface area contributed by atoms with E-state index >= 15 is 0 Å². The Morgan fingerprint density at radius 2 is 2.22 bits per heavy atom. The van der Waals surface area contributed by atoms with Crippen LogP contribution in [0.5, 0.6) is 0 Å². The molecule has 0 radical (unpaired) electrons. The molecule has 0 saturated heterocycles. The molecule has 0 unspecified atom stereocenters. The molecule has 2 nitrogen and oxygen atoms in total. The van der Waals surface area contributed by atoms with Crippen LogP contribution in [-0.2, 0) is 6.42 Å². The molecule has 1 heterocycles. The van der Waals surface area contributed by atoms with Gasteiger partial charge in [-0.3, -0.25) is 0 Å². The van der Waals surface area contributed by atoms with Gasteiger partial charge in [0, 0.05) is 4.88 Å². The van der Waals surface area contributed by atoms with E-state index in [2.05, 4.69) is 24.9 Å². The molecule has 1 aliphatic rings. The first-order chi connectivity index (χ1) is 8.69. The molecule has 2 rings (SSSR count). The monoisotopic (exact) mass is 262 g/mol. The van der Waals surface area contributed by atoms with Gasteiger partial charge in [-0.05, 0) is 51.4 Å². The molecule has 0 N–H and O–H groups in total. The summed E-state index contributed by atoms with van der Waals surface area (Å²) in [7, 11) is 0. The molecule has 1 aromatic heterocycles. The second kappa shape index (κ2) is 5.84. The molecule has 0 bridgehead atoms. The van der Waals surface area contributed by atoms with Gasteiger partial charge in [0.15, 0.2) is 0 Å². The highest BCUT2D eigenvalue weighted by Gasteiger charge is 2.34. The fraction of sp³-hybridized carbons (Fsp3) is 0.733. The summed E-state index contributed by atoms with van der Waals surface area (Å²) < 4.78 is 0. The summed E-state index contributed by atoms with van der Waals surface area (Å²) in [6.45, 7) is 4.34. The molecule has 0 aliphatic heterocycles. The van der Waals surface area contributed by atoms with E-state index in [0.29, 0.717) is 0 Å². The van der Waals surface area contributed by atoms with E-state index in [0.717, 1.165) is 37.3 Å². The van der Waals surface area contributed by atoms with E-state index in [1.807, 2.05) is 5.51 Å². The van der Waals surface area contributed by atoms with Crippen LogP contribution in [0.1, 0.15) is 56.0 Å². The lowest BCUT2D eigenvalue weighted by Crippen LogP contribution is -2.26. The van der Waals surface area contributed by atoms with Crippen LogP contribution < -0.4 is 0 Å². The Labute approximate surface area is 114 Å². The molecular formula is C15H22N2S. The third-order valence-corrected chi connectivity index (χ3v) is 5.55. The Hall–Kier alpha value is -0.880. The first-order valence-electron chi connectivity index (χ1n) is 6.99. The van der Waals surface area contributed by atoms with Crippen molar-refractivity contribution in [2.75, 3.05) is 0 Å². The number of thiazole rings is 1. The number of aryl methyl sites for hydroxylation is 2. The Morgan fingerprint density at radius 3 is 2.72 bits per heavy atom. The van der Waals surface area contributed by atoms with E-state index in [1.165, 1.54) is 24.1 Å². The maximum Gasteiger partial charge on any atom is 0.0797 e. The van der Waals surface area contributed by atoms with E-state index in [4.69, 9.17) is 0 Å². The normalized spacial score (nSPS) is 27.9. The molecule has 1 saturated carbocycles. The molecule has 98 valence electrons. The molecule has 0 amide bonds. The lowest BCUT2D eigenvalue weighted by Gasteiger charge is -2.34. The van der Waals surface area contributed by atoms with Gasteiger partial charge in [-0.1, -0.05) is 13.3 Å². The van der Waals surface area contributed by atoms with Gasteiger partial charge in [0.1, 0.15) is 0 Å². The first-order valence-corrected chi connectivity index (χ1v) is 7.87. The summed E-state index contributed by atoms with van der Waals surface area (Å²) in [6.07, 6.45) is 8.00. The van der Waals surface area contributed by atoms with Gasteiger partial charge < -0.3 is 0 Å². The van der Waals surface area contributed by atoms with E-state index in [1.54, 1.807) is 11.3 Å². The number of rotatable bonds is 4. The van der Waals surface area contributed by atoms with Gasteiger partial charge in [0.2, 0.25) is 0 Å². The number of nitrogens with zero attached hydrogens (tertiary/aromatic N) is 2. The molecule has 0 spiro atoms. The van der Waals surface area contributed by atoms with Crippen LogP contribution in [0.3, 0.4) is 0 Å². The standard InChI is InChI=1S/C15H22N2S/c1-3-13-4-7-15(10-16,8-5-13)9-6-14-12(2)17-11-18-14/h11,13H,3-9H2,1-2H3. The average Bonchev–Trinajstić information content (AvgIpc) is 2.83. The van der Waals surface area contributed by atoms with Crippen molar-refractivity contribution in [3.05, 3.63) is 16.1 Å². The Balaban J connectivity index is 1.94. The average molecular weight is 262 g/mol. The maximum absolute atomic E-state index is 9.54. The highest BCUT2D eigenvalue weighted by Crippen LogP contribution is 2.43. The van der Waals surface area contributed by atoms with Crippen molar-refractivity contribution in [1.82, 2.24) is 4.98 Å². The van der Waals surface area contributed by atoms with Crippen molar-refractivity contribution >= 4 is 11.3 Å². The Bertz CT molecular complexity index is 422. The lowest BCUT2D eigenvalue weighted by molar-refractivity contribution is 0.194. The van der Waals surface area contributed by atoms with E-state index in [-0.39, 0.29) is 5.41 Å². The minimum atomic E-state index is -0.0535. The highest BCUT2D eigenvalue weighted by atomic mass is 32.1. The van der Waals surface area contributed by atoms with Crippen LogP contribution in [-0.4, -0.2) is 4.98 Å². The van der Waals surface area contributed by atoms with E-state index in [9.17, 15) is 5.26 Å². The van der Waals surface area contributed by atoms with Gasteiger partial charge in [0.25, 0.3) is 0 Å². The molecule has 1 aliphatic carbocycles. The summed E-state index contributed by atoms with van der Waals surface area (Å²) in [5, 5.41) is 9.54. The number of hydrogen-bond acceptors (Lipinski definition) is 3. The van der Waals surface area contributed by atoms with Crippen molar-refractivity contribution in [3.63, 3.8) is 0 Å². The summed E-state index contributed by atoms with van der Waals surface area (Å²) >= 11 is 1.73. The summed E-state index contributed by atoms with van der Waals surface area (Å²) in [5.41, 5.74) is 3.01. The Kier molecular flexibility index (Phi) is 4.40. The number of nitriles is 1. The Morgan fingerprint density at radius 1 is 1.50 bits per heavy atom. The molecule has 0 atom stereocenters. The van der Waals surface area contributed by atoms with Crippen LogP contribution in [0.25, 0.3) is 0 Å². The van der Waals surface area contributed by atoms with E-state index < -0.39 is 0 Å². The topological polar surface area (TPSA) is 36.7 Å². The fourth-order valence-electron chi connectivity index (χ4n) is 2.98. The molecule has 18 heavy (non-hydrogen) atoms. The van der Waals surface area contributed by atoms with Gasteiger partial charge in [-0.2, -0.15) is 5.26 Å². The lowest BCUT2D eigenvalue weighted by atomic mass is 9.68. The molecule has 1 fully saturated rings. The van der Waals surface area contributed by atoms with Crippen LogP contribution in [0.15, 0.2) is 5.51 Å². The van der Waals surface area contributed by atoms with Gasteiger partial charge in [-0.25, -0.2) is 4.98 Å². The van der Waals surface area contributed by atoms with Crippen molar-refractivity contribution in [2.24, 2.45) is 11.3 Å². The first kappa shape index (κ1) is 13.5. The summed E-state index contributed by atoms with van der Waals surface area (Å²) in [6, 6.07) is 2.63. The van der Waals surface area contributed by atoms with Crippen molar-refractivity contribution in [1.29, 1.82) is 5.26 Å². The van der Waals surface area contributed by atoms with Crippen LogP contribution in [0.2, 0.25) is 0 Å². The SMILES string of the molecule is CCC1CCC(C#N)(CCc2scnc2C)CC1. The number of hydrogen-bond donors (Lipinski definition) is 0. The van der Waals surface area contributed by atoms with Crippen molar-refractivity contribution in [2.45, 2.75) is 58.8 Å². The second-order valence-corrected chi connectivity index (χ2v) is 6.54. The molecule has 1 aromatic rings. The largest absolute Gasteiger partial charge is 0.250 e. The zero-order valence-corrected chi connectivity index (χ0v) is 12.2. The summed E-state index contributed by atoms with van der Waals surface area (Å²) in [5.74, 6) is 0.858. The zero-order chi connectivity index (χ0) is 13.0. The van der Waals surface area contributed by atoms with Crippen LogP contribution >= 0.6 is 11.3 Å². The predicted octanol–water partition coefficient (Wildman–Crippen LogP) is 4.49. The predicted molar refractivity (Wildman–Crippen MR) is 75.5 cm³/mol. The third kappa shape index (κ3) is 2.92.